The lowest BCUT2D eigenvalue weighted by atomic mass is 10.00. The molecule has 2 aromatic rings. The van der Waals surface area contributed by atoms with Gasteiger partial charge < -0.3 is 15.6 Å². The lowest BCUT2D eigenvalue weighted by Gasteiger charge is -2.23. The molecule has 4 heteroatoms. The third kappa shape index (κ3) is 3.23. The third-order valence-electron chi connectivity index (χ3n) is 3.16. The van der Waals surface area contributed by atoms with Gasteiger partial charge in [0.1, 0.15) is 0 Å². The average Bonchev–Trinajstić information content (AvgIpc) is 2.73. The van der Waals surface area contributed by atoms with Crippen LogP contribution in [0.2, 0.25) is 0 Å². The first kappa shape index (κ1) is 12.9. The van der Waals surface area contributed by atoms with Gasteiger partial charge in [0.25, 0.3) is 0 Å². The second-order valence-electron chi connectivity index (χ2n) is 5.62. The maximum atomic E-state index is 5.99. The molecule has 0 bridgehead atoms. The monoisotopic (exact) mass is 246 g/mol. The number of hydrogen-bond acceptors (Lipinski definition) is 3. The van der Waals surface area contributed by atoms with Gasteiger partial charge in [0.05, 0.1) is 17.4 Å². The van der Waals surface area contributed by atoms with E-state index in [9.17, 15) is 0 Å². The standard InChI is InChI=1S/C14H22N4/c1-14(2,15)7-4-8-18(3)11-5-6-12-13(9-11)17-10-16-12/h5-6,9-10H,4,7-8,15H2,1-3H3,(H,16,17). The number of aromatic amines is 1. The molecule has 0 saturated carbocycles. The summed E-state index contributed by atoms with van der Waals surface area (Å²) < 4.78 is 0. The number of nitrogens with one attached hydrogen (secondary N) is 1. The van der Waals surface area contributed by atoms with E-state index < -0.39 is 0 Å². The molecule has 0 atom stereocenters. The van der Waals surface area contributed by atoms with E-state index in [0.717, 1.165) is 30.4 Å². The molecule has 98 valence electrons. The summed E-state index contributed by atoms with van der Waals surface area (Å²) in [6, 6.07) is 6.29. The predicted octanol–water partition coefficient (Wildman–Crippen LogP) is 2.52. The van der Waals surface area contributed by atoms with Crippen molar-refractivity contribution in [1.29, 1.82) is 0 Å². The van der Waals surface area contributed by atoms with Gasteiger partial charge in [-0.1, -0.05) is 0 Å². The molecule has 0 unspecified atom stereocenters. The van der Waals surface area contributed by atoms with E-state index in [-0.39, 0.29) is 5.54 Å². The average molecular weight is 246 g/mol. The first-order chi connectivity index (χ1) is 8.46. The summed E-state index contributed by atoms with van der Waals surface area (Å²) >= 11 is 0. The van der Waals surface area contributed by atoms with Gasteiger partial charge in [-0.05, 0) is 44.9 Å². The fourth-order valence-corrected chi connectivity index (χ4v) is 2.06. The van der Waals surface area contributed by atoms with Gasteiger partial charge in [-0.25, -0.2) is 4.98 Å². The molecule has 1 aromatic carbocycles. The summed E-state index contributed by atoms with van der Waals surface area (Å²) in [4.78, 5) is 9.62. The van der Waals surface area contributed by atoms with Crippen molar-refractivity contribution in [2.24, 2.45) is 5.73 Å². The van der Waals surface area contributed by atoms with E-state index in [1.165, 1.54) is 5.69 Å². The zero-order valence-corrected chi connectivity index (χ0v) is 11.4. The molecule has 0 spiro atoms. The van der Waals surface area contributed by atoms with Gasteiger partial charge in [-0.3, -0.25) is 0 Å². The summed E-state index contributed by atoms with van der Waals surface area (Å²) in [7, 11) is 2.11. The largest absolute Gasteiger partial charge is 0.375 e. The van der Waals surface area contributed by atoms with Crippen LogP contribution in [-0.4, -0.2) is 29.1 Å². The summed E-state index contributed by atoms with van der Waals surface area (Å²) in [6.07, 6.45) is 3.86. The molecule has 2 rings (SSSR count). The number of H-pyrrole nitrogens is 1. The maximum Gasteiger partial charge on any atom is 0.0931 e. The van der Waals surface area contributed by atoms with Gasteiger partial charge in [0.15, 0.2) is 0 Å². The summed E-state index contributed by atoms with van der Waals surface area (Å²) in [5.74, 6) is 0. The van der Waals surface area contributed by atoms with Gasteiger partial charge in [0.2, 0.25) is 0 Å². The molecule has 0 aliphatic heterocycles. The molecule has 4 nitrogen and oxygen atoms in total. The Morgan fingerprint density at radius 2 is 2.17 bits per heavy atom. The Hall–Kier alpha value is -1.55. The number of nitrogens with two attached hydrogens (primary N) is 1. The van der Waals surface area contributed by atoms with Crippen molar-refractivity contribution in [2.45, 2.75) is 32.2 Å². The van der Waals surface area contributed by atoms with E-state index in [4.69, 9.17) is 5.73 Å². The minimum atomic E-state index is -0.0752. The lowest BCUT2D eigenvalue weighted by Crippen LogP contribution is -2.33. The maximum absolute atomic E-state index is 5.99. The molecule has 0 aliphatic rings. The molecule has 18 heavy (non-hydrogen) atoms. The van der Waals surface area contributed by atoms with Crippen LogP contribution in [-0.2, 0) is 0 Å². The highest BCUT2D eigenvalue weighted by Gasteiger charge is 2.10. The van der Waals surface area contributed by atoms with Crippen LogP contribution >= 0.6 is 0 Å². The molecule has 0 aliphatic carbocycles. The van der Waals surface area contributed by atoms with Crippen molar-refractivity contribution in [3.63, 3.8) is 0 Å². The van der Waals surface area contributed by atoms with Crippen molar-refractivity contribution in [3.05, 3.63) is 24.5 Å². The Labute approximate surface area is 108 Å². The van der Waals surface area contributed by atoms with Crippen LogP contribution in [0.25, 0.3) is 11.0 Å². The minimum Gasteiger partial charge on any atom is -0.375 e. The lowest BCUT2D eigenvalue weighted by molar-refractivity contribution is 0.460. The second kappa shape index (κ2) is 4.98. The number of fused-ring (bicyclic) bond motifs is 1. The Morgan fingerprint density at radius 1 is 1.39 bits per heavy atom. The number of nitrogens with zero attached hydrogens (tertiary/aromatic N) is 2. The number of rotatable bonds is 5. The summed E-state index contributed by atoms with van der Waals surface area (Å²) in [5.41, 5.74) is 9.22. The number of anilines is 1. The van der Waals surface area contributed by atoms with Crippen molar-refractivity contribution in [2.75, 3.05) is 18.5 Å². The van der Waals surface area contributed by atoms with Crippen LogP contribution in [0.15, 0.2) is 24.5 Å². The van der Waals surface area contributed by atoms with Crippen LogP contribution in [0, 0.1) is 0 Å². The quantitative estimate of drug-likeness (QED) is 0.852. The zero-order valence-electron chi connectivity index (χ0n) is 11.4. The number of benzene rings is 1. The van der Waals surface area contributed by atoms with Crippen LogP contribution in [0.1, 0.15) is 26.7 Å². The van der Waals surface area contributed by atoms with Gasteiger partial charge in [-0.2, -0.15) is 0 Å². The smallest absolute Gasteiger partial charge is 0.0931 e. The highest BCUT2D eigenvalue weighted by molar-refractivity contribution is 5.78. The fourth-order valence-electron chi connectivity index (χ4n) is 2.06. The van der Waals surface area contributed by atoms with Gasteiger partial charge >= 0.3 is 0 Å². The third-order valence-corrected chi connectivity index (χ3v) is 3.16. The molecular formula is C14H22N4. The number of imidazole rings is 1. The Morgan fingerprint density at radius 3 is 2.89 bits per heavy atom. The van der Waals surface area contributed by atoms with E-state index in [0.29, 0.717) is 0 Å². The second-order valence-corrected chi connectivity index (χ2v) is 5.62. The van der Waals surface area contributed by atoms with Gasteiger partial charge in [0, 0.05) is 24.8 Å². The first-order valence-electron chi connectivity index (χ1n) is 6.39. The number of hydrogen-bond donors (Lipinski definition) is 2. The van der Waals surface area contributed by atoms with Crippen LogP contribution in [0.5, 0.6) is 0 Å². The van der Waals surface area contributed by atoms with Crippen LogP contribution in [0.3, 0.4) is 0 Å². The summed E-state index contributed by atoms with van der Waals surface area (Å²) in [5, 5.41) is 0. The summed E-state index contributed by atoms with van der Waals surface area (Å²) in [6.45, 7) is 5.16. The zero-order chi connectivity index (χ0) is 13.2. The molecule has 0 amide bonds. The first-order valence-corrected chi connectivity index (χ1v) is 6.39. The van der Waals surface area contributed by atoms with Crippen molar-refractivity contribution in [3.8, 4) is 0 Å². The molecular weight excluding hydrogens is 224 g/mol. The fraction of sp³-hybridized carbons (Fsp3) is 0.500. The van der Waals surface area contributed by atoms with Crippen LogP contribution in [0.4, 0.5) is 5.69 Å². The minimum absolute atomic E-state index is 0.0752. The van der Waals surface area contributed by atoms with Crippen molar-refractivity contribution < 1.29 is 0 Å². The van der Waals surface area contributed by atoms with Crippen LogP contribution < -0.4 is 10.6 Å². The predicted molar refractivity (Wildman–Crippen MR) is 76.9 cm³/mol. The molecule has 1 heterocycles. The SMILES string of the molecule is CN(CCCC(C)(C)N)c1ccc2nc[nH]c2c1. The molecule has 3 N–H and O–H groups in total. The molecule has 0 fully saturated rings. The van der Waals surface area contributed by atoms with Crippen molar-refractivity contribution in [1.82, 2.24) is 9.97 Å². The van der Waals surface area contributed by atoms with E-state index in [1.807, 2.05) is 6.07 Å². The van der Waals surface area contributed by atoms with E-state index in [1.54, 1.807) is 6.33 Å². The molecule has 0 saturated heterocycles. The van der Waals surface area contributed by atoms with Gasteiger partial charge in [-0.15, -0.1) is 0 Å². The highest BCUT2D eigenvalue weighted by Crippen LogP contribution is 2.19. The Kier molecular flexibility index (Phi) is 3.57. The van der Waals surface area contributed by atoms with E-state index in [2.05, 4.69) is 47.9 Å². The highest BCUT2D eigenvalue weighted by atomic mass is 15.1. The Balaban J connectivity index is 1.97. The molecule has 0 radical (unpaired) electrons. The topological polar surface area (TPSA) is 57.9 Å². The molecule has 1 aromatic heterocycles. The van der Waals surface area contributed by atoms with E-state index >= 15 is 0 Å². The number of aromatic nitrogens is 2. The normalized spacial score (nSPS) is 12.0. The Bertz CT molecular complexity index is 510. The van der Waals surface area contributed by atoms with Crippen molar-refractivity contribution >= 4 is 16.7 Å².